The molecule has 2 aromatic rings. The molecule has 0 saturated heterocycles. The summed E-state index contributed by atoms with van der Waals surface area (Å²) in [6.07, 6.45) is 0. The van der Waals surface area contributed by atoms with Gasteiger partial charge >= 0.3 is 6.61 Å². The van der Waals surface area contributed by atoms with E-state index in [1.54, 1.807) is 19.1 Å². The van der Waals surface area contributed by atoms with Crippen LogP contribution >= 0.6 is 0 Å². The number of hydrogen-bond donors (Lipinski definition) is 2. The van der Waals surface area contributed by atoms with Crippen molar-refractivity contribution in [1.82, 2.24) is 5.32 Å². The molecule has 0 saturated carbocycles. The van der Waals surface area contributed by atoms with Gasteiger partial charge in [0.2, 0.25) is 5.91 Å². The van der Waals surface area contributed by atoms with E-state index < -0.39 is 12.7 Å². The van der Waals surface area contributed by atoms with E-state index in [0.29, 0.717) is 17.7 Å². The lowest BCUT2D eigenvalue weighted by atomic mass is 10.1. The van der Waals surface area contributed by atoms with Crippen LogP contribution < -0.4 is 20.5 Å². The van der Waals surface area contributed by atoms with E-state index >= 15 is 0 Å². The Kier molecular flexibility index (Phi) is 6.91. The first-order valence-electron chi connectivity index (χ1n) is 8.21. The molecular formula is C19H22F2N2O3. The molecule has 1 amide bonds. The Morgan fingerprint density at radius 3 is 2.46 bits per heavy atom. The summed E-state index contributed by atoms with van der Waals surface area (Å²) in [5, 5.41) is 2.73. The van der Waals surface area contributed by atoms with Crippen molar-refractivity contribution in [2.24, 2.45) is 5.73 Å². The topological polar surface area (TPSA) is 73.6 Å². The third-order valence-electron chi connectivity index (χ3n) is 3.71. The number of carbonyl (C=O) groups excluding carboxylic acids is 1. The number of nitrogens with one attached hydrogen (secondary N) is 1. The van der Waals surface area contributed by atoms with Crippen LogP contribution in [-0.4, -0.2) is 19.1 Å². The summed E-state index contributed by atoms with van der Waals surface area (Å²) in [5.41, 5.74) is 8.44. The van der Waals surface area contributed by atoms with Gasteiger partial charge in [0.1, 0.15) is 6.04 Å². The molecule has 0 aromatic heterocycles. The molecule has 5 nitrogen and oxygen atoms in total. The lowest BCUT2D eigenvalue weighted by Gasteiger charge is -2.15. The zero-order valence-electron chi connectivity index (χ0n) is 14.7. The third kappa shape index (κ3) is 5.42. The van der Waals surface area contributed by atoms with E-state index in [4.69, 9.17) is 10.5 Å². The molecular weight excluding hydrogens is 342 g/mol. The van der Waals surface area contributed by atoms with E-state index in [-0.39, 0.29) is 24.0 Å². The molecule has 140 valence electrons. The van der Waals surface area contributed by atoms with Crippen molar-refractivity contribution in [3.8, 4) is 11.5 Å². The number of hydrogen-bond acceptors (Lipinski definition) is 4. The first-order valence-corrected chi connectivity index (χ1v) is 8.21. The fourth-order valence-corrected chi connectivity index (χ4v) is 2.35. The molecule has 0 radical (unpaired) electrons. The highest BCUT2D eigenvalue weighted by atomic mass is 19.3. The van der Waals surface area contributed by atoms with Crippen LogP contribution in [0.3, 0.4) is 0 Å². The fraction of sp³-hybridized carbons (Fsp3) is 0.316. The Hall–Kier alpha value is -2.67. The predicted octanol–water partition coefficient (Wildman–Crippen LogP) is 3.31. The van der Waals surface area contributed by atoms with Gasteiger partial charge in [-0.2, -0.15) is 8.78 Å². The van der Waals surface area contributed by atoms with Crippen molar-refractivity contribution in [2.75, 3.05) is 6.61 Å². The number of nitrogens with two attached hydrogens (primary N) is 1. The van der Waals surface area contributed by atoms with Crippen LogP contribution in [-0.2, 0) is 11.3 Å². The number of ether oxygens (including phenoxy) is 2. The molecule has 0 spiro atoms. The average molecular weight is 364 g/mol. The Balaban J connectivity index is 2.02. The number of aryl methyl sites for hydroxylation is 1. The molecule has 2 aromatic carbocycles. The summed E-state index contributed by atoms with van der Waals surface area (Å²) >= 11 is 0. The molecule has 0 aliphatic heterocycles. The Morgan fingerprint density at radius 1 is 1.15 bits per heavy atom. The number of benzene rings is 2. The molecule has 0 aliphatic carbocycles. The monoisotopic (exact) mass is 364 g/mol. The van der Waals surface area contributed by atoms with Gasteiger partial charge in [-0.25, -0.2) is 0 Å². The summed E-state index contributed by atoms with van der Waals surface area (Å²) in [5.74, 6) is -0.185. The van der Waals surface area contributed by atoms with E-state index in [1.807, 2.05) is 31.2 Å². The zero-order chi connectivity index (χ0) is 19.1. The van der Waals surface area contributed by atoms with Crippen LogP contribution in [0.25, 0.3) is 0 Å². The lowest BCUT2D eigenvalue weighted by molar-refractivity contribution is -0.122. The van der Waals surface area contributed by atoms with Crippen LogP contribution in [0.5, 0.6) is 11.5 Å². The highest BCUT2D eigenvalue weighted by molar-refractivity contribution is 5.82. The Labute approximate surface area is 151 Å². The molecule has 0 aliphatic rings. The highest BCUT2D eigenvalue weighted by Crippen LogP contribution is 2.30. The van der Waals surface area contributed by atoms with Crippen LogP contribution in [0.2, 0.25) is 0 Å². The number of alkyl halides is 2. The molecule has 0 bridgehead atoms. The third-order valence-corrected chi connectivity index (χ3v) is 3.71. The van der Waals surface area contributed by atoms with Crippen molar-refractivity contribution in [3.63, 3.8) is 0 Å². The lowest BCUT2D eigenvalue weighted by Crippen LogP contribution is -2.33. The van der Waals surface area contributed by atoms with E-state index in [2.05, 4.69) is 10.1 Å². The Bertz CT molecular complexity index is 736. The maximum absolute atomic E-state index is 12.4. The summed E-state index contributed by atoms with van der Waals surface area (Å²) in [4.78, 5) is 12.2. The largest absolute Gasteiger partial charge is 0.490 e. The van der Waals surface area contributed by atoms with Crippen LogP contribution in [0.1, 0.15) is 29.7 Å². The van der Waals surface area contributed by atoms with Gasteiger partial charge < -0.3 is 20.5 Å². The van der Waals surface area contributed by atoms with Gasteiger partial charge in [-0.3, -0.25) is 4.79 Å². The van der Waals surface area contributed by atoms with E-state index in [1.165, 1.54) is 6.07 Å². The average Bonchev–Trinajstić information content (AvgIpc) is 2.61. The smallest absolute Gasteiger partial charge is 0.387 e. The number of rotatable bonds is 8. The van der Waals surface area contributed by atoms with Crippen LogP contribution in [0.15, 0.2) is 42.5 Å². The second kappa shape index (κ2) is 9.15. The van der Waals surface area contributed by atoms with Gasteiger partial charge in [-0.1, -0.05) is 35.9 Å². The van der Waals surface area contributed by atoms with Gasteiger partial charge in [0.05, 0.1) is 6.61 Å². The molecule has 2 rings (SSSR count). The Morgan fingerprint density at radius 2 is 1.85 bits per heavy atom. The molecule has 26 heavy (non-hydrogen) atoms. The minimum Gasteiger partial charge on any atom is -0.490 e. The van der Waals surface area contributed by atoms with Crippen LogP contribution in [0.4, 0.5) is 8.78 Å². The molecule has 7 heteroatoms. The normalized spacial score (nSPS) is 11.9. The second-order valence-corrected chi connectivity index (χ2v) is 5.70. The highest BCUT2D eigenvalue weighted by Gasteiger charge is 2.16. The summed E-state index contributed by atoms with van der Waals surface area (Å²) in [7, 11) is 0. The van der Waals surface area contributed by atoms with Gasteiger partial charge in [0, 0.05) is 6.54 Å². The first-order chi connectivity index (χ1) is 12.4. The fourth-order valence-electron chi connectivity index (χ4n) is 2.35. The van der Waals surface area contributed by atoms with Crippen molar-refractivity contribution >= 4 is 5.91 Å². The quantitative estimate of drug-likeness (QED) is 0.754. The maximum Gasteiger partial charge on any atom is 0.387 e. The molecule has 1 atom stereocenters. The summed E-state index contributed by atoms with van der Waals surface area (Å²) in [6.45, 7) is 1.24. The van der Waals surface area contributed by atoms with E-state index in [9.17, 15) is 13.6 Å². The molecule has 3 N–H and O–H groups in total. The van der Waals surface area contributed by atoms with Crippen LogP contribution in [0, 0.1) is 6.92 Å². The van der Waals surface area contributed by atoms with Gasteiger partial charge in [-0.05, 0) is 37.1 Å². The first kappa shape index (κ1) is 19.7. The van der Waals surface area contributed by atoms with E-state index in [0.717, 1.165) is 5.56 Å². The van der Waals surface area contributed by atoms with Gasteiger partial charge in [-0.15, -0.1) is 0 Å². The standard InChI is InChI=1S/C19H22F2N2O3/c1-3-25-16-10-13(6-9-15(16)26-19(20)21)11-23-18(24)17(22)14-7-4-12(2)5-8-14/h4-10,17,19H,3,11,22H2,1-2H3,(H,23,24). The van der Waals surface area contributed by atoms with Gasteiger partial charge in [0.15, 0.2) is 11.5 Å². The van der Waals surface area contributed by atoms with Crippen molar-refractivity contribution in [1.29, 1.82) is 0 Å². The number of halogens is 2. The zero-order valence-corrected chi connectivity index (χ0v) is 14.7. The molecule has 1 unspecified atom stereocenters. The molecule has 0 heterocycles. The summed E-state index contributed by atoms with van der Waals surface area (Å²) < 4.78 is 34.6. The number of carbonyl (C=O) groups is 1. The van der Waals surface area contributed by atoms with Crippen molar-refractivity contribution < 1.29 is 23.0 Å². The van der Waals surface area contributed by atoms with Crippen molar-refractivity contribution in [3.05, 3.63) is 59.2 Å². The predicted molar refractivity (Wildman–Crippen MR) is 94.2 cm³/mol. The minimum atomic E-state index is -2.94. The maximum atomic E-state index is 12.4. The number of amides is 1. The van der Waals surface area contributed by atoms with Gasteiger partial charge in [0.25, 0.3) is 0 Å². The second-order valence-electron chi connectivity index (χ2n) is 5.70. The minimum absolute atomic E-state index is 0.0479. The SMILES string of the molecule is CCOc1cc(CNC(=O)C(N)c2ccc(C)cc2)ccc1OC(F)F. The van der Waals surface area contributed by atoms with Crippen molar-refractivity contribution in [2.45, 2.75) is 33.0 Å². The summed E-state index contributed by atoms with van der Waals surface area (Å²) in [6, 6.07) is 11.1. The molecule has 0 fully saturated rings.